The summed E-state index contributed by atoms with van der Waals surface area (Å²) < 4.78 is 25.0. The highest BCUT2D eigenvalue weighted by molar-refractivity contribution is 5.84. The zero-order valence-corrected chi connectivity index (χ0v) is 33.8. The molecule has 2 N–H and O–H groups in total. The maximum atomic E-state index is 14.8. The summed E-state index contributed by atoms with van der Waals surface area (Å²) >= 11 is 0. The third-order valence-corrected chi connectivity index (χ3v) is 15.8. The number of ether oxygens (including phenoxy) is 4. The SMILES string of the molecule is CCC(C)(CC(C)(CC(C)(C)C(=O)OC12CC3CC(O)(CC(O)(C3)C1)C2)C(=O)OC1C2CC3C1OC(=O)C3(C)C2)C(=O)OC(C)(C)C1CCC(C)CC1. The van der Waals surface area contributed by atoms with Crippen molar-refractivity contribution in [2.24, 2.45) is 51.2 Å². The van der Waals surface area contributed by atoms with Gasteiger partial charge in [0.1, 0.15) is 23.4 Å². The zero-order chi connectivity index (χ0) is 38.8. The molecule has 1 saturated heterocycles. The van der Waals surface area contributed by atoms with Gasteiger partial charge < -0.3 is 29.2 Å². The molecule has 10 heteroatoms. The van der Waals surface area contributed by atoms with Gasteiger partial charge in [0.15, 0.2) is 0 Å². The Labute approximate surface area is 316 Å². The molecule has 8 fully saturated rings. The van der Waals surface area contributed by atoms with Gasteiger partial charge in [-0.2, -0.15) is 0 Å². The predicted molar refractivity (Wildman–Crippen MR) is 195 cm³/mol. The van der Waals surface area contributed by atoms with Crippen LogP contribution in [0, 0.1) is 51.2 Å². The third kappa shape index (κ3) is 6.65. The van der Waals surface area contributed by atoms with E-state index in [1.807, 2.05) is 34.6 Å². The molecule has 1 heterocycles. The Hall–Kier alpha value is -2.20. The van der Waals surface area contributed by atoms with Crippen LogP contribution in [0.3, 0.4) is 0 Å². The highest BCUT2D eigenvalue weighted by Gasteiger charge is 2.70. The van der Waals surface area contributed by atoms with Crippen LogP contribution in [0.15, 0.2) is 0 Å². The molecule has 53 heavy (non-hydrogen) atoms. The smallest absolute Gasteiger partial charge is 0.312 e. The molecule has 0 spiro atoms. The van der Waals surface area contributed by atoms with Gasteiger partial charge in [-0.15, -0.1) is 0 Å². The third-order valence-electron chi connectivity index (χ3n) is 15.8. The van der Waals surface area contributed by atoms with E-state index in [1.54, 1.807) is 20.8 Å². The zero-order valence-electron chi connectivity index (χ0n) is 33.8. The van der Waals surface area contributed by atoms with Crippen molar-refractivity contribution >= 4 is 23.9 Å². The molecular weight excluding hydrogens is 676 g/mol. The first-order valence-corrected chi connectivity index (χ1v) is 20.7. The van der Waals surface area contributed by atoms with Crippen molar-refractivity contribution in [1.82, 2.24) is 0 Å². The first-order chi connectivity index (χ1) is 24.4. The minimum absolute atomic E-state index is 0.00119. The van der Waals surface area contributed by atoms with Gasteiger partial charge in [0, 0.05) is 31.1 Å². The molecule has 9 unspecified atom stereocenters. The molecule has 0 amide bonds. The standard InChI is InChI=1S/C43H66O10/c1-10-38(7,34(46)52-37(5,6)28-13-11-25(2)12-14-28)21-39(8,33(45)50-30-27-15-29-31(30)51-35(47)40(29,9)19-27)20-36(3,4)32(44)53-43-18-26-16-41(48,23-43)22-42(49,17-26)24-43/h25-31,48-49H,10-24H2,1-9H3. The fourth-order valence-electron chi connectivity index (χ4n) is 13.2. The molecule has 8 rings (SSSR count). The van der Waals surface area contributed by atoms with Crippen molar-refractivity contribution in [2.75, 3.05) is 0 Å². The highest BCUT2D eigenvalue weighted by Crippen LogP contribution is 2.63. The number of carbonyl (C=O) groups is 4. The van der Waals surface area contributed by atoms with E-state index in [0.717, 1.165) is 32.1 Å². The van der Waals surface area contributed by atoms with Gasteiger partial charge in [-0.3, -0.25) is 19.2 Å². The lowest BCUT2D eigenvalue weighted by molar-refractivity contribution is -0.264. The number of esters is 4. The van der Waals surface area contributed by atoms with E-state index in [9.17, 15) is 29.4 Å². The normalized spacial score (nSPS) is 43.5. The lowest BCUT2D eigenvalue weighted by Gasteiger charge is -2.62. The van der Waals surface area contributed by atoms with E-state index in [2.05, 4.69) is 6.92 Å². The lowest BCUT2D eigenvalue weighted by Crippen LogP contribution is -2.67. The maximum absolute atomic E-state index is 14.8. The molecular formula is C43H66O10. The van der Waals surface area contributed by atoms with E-state index in [1.165, 1.54) is 0 Å². The van der Waals surface area contributed by atoms with Crippen molar-refractivity contribution in [3.8, 4) is 0 Å². The van der Waals surface area contributed by atoms with Crippen LogP contribution in [0.4, 0.5) is 0 Å². The minimum atomic E-state index is -1.33. The second-order valence-corrected chi connectivity index (χ2v) is 21.7. The molecule has 0 aromatic rings. The first kappa shape index (κ1) is 39.1. The van der Waals surface area contributed by atoms with Gasteiger partial charge in [0.2, 0.25) is 0 Å². The Morgan fingerprint density at radius 1 is 0.830 bits per heavy atom. The number of rotatable bonds is 12. The number of fused-ring (bicyclic) bond motifs is 1. The van der Waals surface area contributed by atoms with Gasteiger partial charge in [-0.05, 0) is 130 Å². The Morgan fingerprint density at radius 3 is 2.04 bits per heavy atom. The molecule has 7 saturated carbocycles. The van der Waals surface area contributed by atoms with Gasteiger partial charge in [-0.1, -0.05) is 26.7 Å². The van der Waals surface area contributed by atoms with Crippen LogP contribution in [0.25, 0.3) is 0 Å². The summed E-state index contributed by atoms with van der Waals surface area (Å²) in [6.45, 7) is 17.3. The van der Waals surface area contributed by atoms with Crippen molar-refractivity contribution in [2.45, 2.75) is 193 Å². The monoisotopic (exact) mass is 742 g/mol. The summed E-state index contributed by atoms with van der Waals surface area (Å²) in [6.07, 6.45) is 7.68. The number of aliphatic hydroxyl groups is 2. The van der Waals surface area contributed by atoms with E-state index in [-0.39, 0.29) is 48.5 Å². The van der Waals surface area contributed by atoms with Gasteiger partial charge >= 0.3 is 23.9 Å². The average Bonchev–Trinajstić information content (AvgIpc) is 3.59. The lowest BCUT2D eigenvalue weighted by atomic mass is 9.50. The van der Waals surface area contributed by atoms with Crippen molar-refractivity contribution in [3.05, 3.63) is 0 Å². The molecule has 1 aliphatic heterocycles. The number of carbonyl (C=O) groups excluding carboxylic acids is 4. The molecule has 6 bridgehead atoms. The van der Waals surface area contributed by atoms with Crippen molar-refractivity contribution in [3.63, 3.8) is 0 Å². The van der Waals surface area contributed by atoms with Crippen molar-refractivity contribution in [1.29, 1.82) is 0 Å². The van der Waals surface area contributed by atoms with Crippen molar-refractivity contribution < 1.29 is 48.3 Å². The van der Waals surface area contributed by atoms with Crippen LogP contribution < -0.4 is 0 Å². The second kappa shape index (κ2) is 12.4. The fourth-order valence-corrected chi connectivity index (χ4v) is 13.2. The number of hydrogen-bond acceptors (Lipinski definition) is 10. The molecule has 7 aliphatic carbocycles. The maximum Gasteiger partial charge on any atom is 0.312 e. The van der Waals surface area contributed by atoms with Crippen LogP contribution in [0.1, 0.15) is 159 Å². The van der Waals surface area contributed by atoms with Crippen LogP contribution in [-0.2, 0) is 38.1 Å². The fraction of sp³-hybridized carbons (Fsp3) is 0.907. The summed E-state index contributed by atoms with van der Waals surface area (Å²) in [5, 5.41) is 22.7. The highest BCUT2D eigenvalue weighted by atomic mass is 16.6. The molecule has 8 aliphatic rings. The summed E-state index contributed by atoms with van der Waals surface area (Å²) in [6, 6.07) is 0. The molecule has 0 aromatic heterocycles. The van der Waals surface area contributed by atoms with Gasteiger partial charge in [0.05, 0.1) is 32.9 Å². The largest absolute Gasteiger partial charge is 0.459 e. The van der Waals surface area contributed by atoms with E-state index in [0.29, 0.717) is 57.3 Å². The first-order valence-electron chi connectivity index (χ1n) is 20.7. The van der Waals surface area contributed by atoms with E-state index < -0.39 is 68.2 Å². The number of hydrogen-bond donors (Lipinski definition) is 2. The minimum Gasteiger partial charge on any atom is -0.459 e. The topological polar surface area (TPSA) is 146 Å². The molecule has 0 aromatic carbocycles. The summed E-state index contributed by atoms with van der Waals surface area (Å²) in [7, 11) is 0. The average molecular weight is 743 g/mol. The quantitative estimate of drug-likeness (QED) is 0.159. The summed E-state index contributed by atoms with van der Waals surface area (Å²) in [4.78, 5) is 56.3. The van der Waals surface area contributed by atoms with Crippen LogP contribution in [-0.4, -0.2) is 68.7 Å². The summed E-state index contributed by atoms with van der Waals surface area (Å²) in [5.74, 6) is -0.631. The Bertz CT molecular complexity index is 1510. The molecule has 10 nitrogen and oxygen atoms in total. The van der Waals surface area contributed by atoms with Crippen LogP contribution in [0.5, 0.6) is 0 Å². The van der Waals surface area contributed by atoms with Gasteiger partial charge in [0.25, 0.3) is 0 Å². The molecule has 0 radical (unpaired) electrons. The molecule has 9 atom stereocenters. The van der Waals surface area contributed by atoms with E-state index in [4.69, 9.17) is 18.9 Å². The Morgan fingerprint density at radius 2 is 1.45 bits per heavy atom. The Kier molecular flexibility index (Phi) is 9.14. The van der Waals surface area contributed by atoms with E-state index >= 15 is 0 Å². The van der Waals surface area contributed by atoms with Crippen LogP contribution in [0.2, 0.25) is 0 Å². The molecule has 298 valence electrons. The second-order valence-electron chi connectivity index (χ2n) is 21.7. The van der Waals surface area contributed by atoms with Crippen LogP contribution >= 0.6 is 0 Å². The summed E-state index contributed by atoms with van der Waals surface area (Å²) in [5.41, 5.74) is -7.93. The predicted octanol–water partition coefficient (Wildman–Crippen LogP) is 6.99. The van der Waals surface area contributed by atoms with Gasteiger partial charge in [-0.25, -0.2) is 0 Å². The Balaban J connectivity index is 1.13.